The van der Waals surface area contributed by atoms with Gasteiger partial charge in [-0.25, -0.2) is 0 Å². The summed E-state index contributed by atoms with van der Waals surface area (Å²) in [6.45, 7) is 6.69. The summed E-state index contributed by atoms with van der Waals surface area (Å²) in [4.78, 5) is 8.29. The lowest BCUT2D eigenvalue weighted by Gasteiger charge is -2.53. The summed E-state index contributed by atoms with van der Waals surface area (Å²) >= 11 is 1.85. The Balaban J connectivity index is 1.27. The van der Waals surface area contributed by atoms with E-state index < -0.39 is 0 Å². The van der Waals surface area contributed by atoms with Crippen LogP contribution >= 0.6 is 11.3 Å². The van der Waals surface area contributed by atoms with Gasteiger partial charge < -0.3 is 9.47 Å². The number of thiophene rings is 1. The molecule has 0 amide bonds. The van der Waals surface area contributed by atoms with Crippen molar-refractivity contribution in [2.45, 2.75) is 44.6 Å². The molecule has 2 aliphatic rings. The van der Waals surface area contributed by atoms with Crippen LogP contribution in [0.5, 0.6) is 0 Å². The summed E-state index contributed by atoms with van der Waals surface area (Å²) in [6, 6.07) is 8.16. The maximum Gasteiger partial charge on any atom is 0.0959 e. The smallest absolute Gasteiger partial charge is 0.0959 e. The van der Waals surface area contributed by atoms with Crippen molar-refractivity contribution in [3.63, 3.8) is 0 Å². The van der Waals surface area contributed by atoms with Gasteiger partial charge in [0.1, 0.15) is 0 Å². The van der Waals surface area contributed by atoms with E-state index in [1.54, 1.807) is 0 Å². The second-order valence-corrected chi connectivity index (χ2v) is 7.95. The van der Waals surface area contributed by atoms with Crippen molar-refractivity contribution in [2.24, 2.45) is 0 Å². The Morgan fingerprint density at radius 3 is 3.04 bits per heavy atom. The minimum Gasteiger partial charge on any atom is -0.372 e. The van der Waals surface area contributed by atoms with E-state index in [1.165, 1.54) is 10.4 Å². The molecule has 1 unspecified atom stereocenters. The zero-order valence-electron chi connectivity index (χ0n) is 14.1. The predicted octanol–water partition coefficient (Wildman–Crippen LogP) is 3.40. The molecule has 0 aliphatic carbocycles. The lowest BCUT2D eigenvalue weighted by atomic mass is 9.84. The number of likely N-dealkylation sites (tertiary alicyclic amines) is 1. The van der Waals surface area contributed by atoms with E-state index in [9.17, 15) is 0 Å². The average Bonchev–Trinajstić information content (AvgIpc) is 2.98. The maximum atomic E-state index is 6.13. The predicted molar refractivity (Wildman–Crippen MR) is 95.1 cm³/mol. The number of ether oxygens (including phenoxy) is 2. The number of aromatic nitrogens is 1. The summed E-state index contributed by atoms with van der Waals surface area (Å²) in [5.74, 6) is 0. The van der Waals surface area contributed by atoms with Gasteiger partial charge in [-0.2, -0.15) is 0 Å². The average molecular weight is 344 g/mol. The molecule has 4 rings (SSSR count). The highest BCUT2D eigenvalue weighted by Crippen LogP contribution is 2.37. The van der Waals surface area contributed by atoms with Crippen molar-refractivity contribution in [1.29, 1.82) is 0 Å². The van der Waals surface area contributed by atoms with Crippen molar-refractivity contribution in [3.05, 3.63) is 52.0 Å². The van der Waals surface area contributed by atoms with Gasteiger partial charge >= 0.3 is 0 Å². The van der Waals surface area contributed by atoms with Crippen LogP contribution in [-0.4, -0.2) is 41.3 Å². The van der Waals surface area contributed by atoms with Crippen LogP contribution in [0.4, 0.5) is 0 Å². The molecule has 0 bridgehead atoms. The highest BCUT2D eigenvalue weighted by molar-refractivity contribution is 7.10. The van der Waals surface area contributed by atoms with Crippen molar-refractivity contribution in [1.82, 2.24) is 9.88 Å². The number of rotatable bonds is 5. The zero-order chi connectivity index (χ0) is 16.4. The molecule has 2 fully saturated rings. The molecule has 128 valence electrons. The van der Waals surface area contributed by atoms with Crippen LogP contribution in [0.15, 0.2) is 35.8 Å². The lowest BCUT2D eigenvalue weighted by molar-refractivity contribution is -0.200. The monoisotopic (exact) mass is 344 g/mol. The molecule has 2 saturated heterocycles. The van der Waals surface area contributed by atoms with Gasteiger partial charge in [0, 0.05) is 43.7 Å². The number of nitrogens with zero attached hydrogens (tertiary/aromatic N) is 2. The third-order valence-corrected chi connectivity index (χ3v) is 6.01. The highest BCUT2D eigenvalue weighted by atomic mass is 32.1. The third-order valence-electron chi connectivity index (χ3n) is 5.00. The van der Waals surface area contributed by atoms with Crippen molar-refractivity contribution in [3.8, 4) is 0 Å². The van der Waals surface area contributed by atoms with E-state index in [-0.39, 0.29) is 11.7 Å². The van der Waals surface area contributed by atoms with Gasteiger partial charge in [-0.3, -0.25) is 9.88 Å². The van der Waals surface area contributed by atoms with Gasteiger partial charge in [0.05, 0.1) is 24.0 Å². The molecule has 0 aromatic carbocycles. The number of hydrogen-bond donors (Lipinski definition) is 0. The van der Waals surface area contributed by atoms with Crippen LogP contribution in [0.3, 0.4) is 0 Å². The van der Waals surface area contributed by atoms with E-state index >= 15 is 0 Å². The molecular formula is C19H24N2O2S. The van der Waals surface area contributed by atoms with Crippen molar-refractivity contribution in [2.75, 3.05) is 19.7 Å². The van der Waals surface area contributed by atoms with Crippen LogP contribution in [0.1, 0.15) is 29.0 Å². The summed E-state index contributed by atoms with van der Waals surface area (Å²) < 4.78 is 12.2. The van der Waals surface area contributed by atoms with E-state index in [2.05, 4.69) is 28.3 Å². The minimum absolute atomic E-state index is 0.0121. The molecule has 1 spiro atoms. The van der Waals surface area contributed by atoms with Crippen molar-refractivity contribution < 1.29 is 9.47 Å². The summed E-state index contributed by atoms with van der Waals surface area (Å²) in [5.41, 5.74) is 2.42. The maximum absolute atomic E-state index is 6.13. The molecule has 2 aromatic heterocycles. The minimum atomic E-state index is 0.0121. The van der Waals surface area contributed by atoms with Crippen LogP contribution in [0, 0.1) is 6.92 Å². The Labute approximate surface area is 147 Å². The fourth-order valence-electron chi connectivity index (χ4n) is 3.68. The van der Waals surface area contributed by atoms with Crippen LogP contribution in [0.25, 0.3) is 0 Å². The quantitative estimate of drug-likeness (QED) is 0.833. The number of hydrogen-bond acceptors (Lipinski definition) is 5. The molecule has 4 nitrogen and oxygen atoms in total. The Morgan fingerprint density at radius 2 is 2.29 bits per heavy atom. The van der Waals surface area contributed by atoms with Gasteiger partial charge in [-0.1, -0.05) is 6.07 Å². The van der Waals surface area contributed by atoms with E-state index in [4.69, 9.17) is 9.47 Å². The summed E-state index contributed by atoms with van der Waals surface area (Å²) in [6.07, 6.45) is 4.09. The van der Waals surface area contributed by atoms with Crippen LogP contribution in [0.2, 0.25) is 0 Å². The first-order valence-electron chi connectivity index (χ1n) is 8.63. The van der Waals surface area contributed by atoms with Crippen molar-refractivity contribution >= 4 is 11.3 Å². The van der Waals surface area contributed by atoms with Crippen LogP contribution < -0.4 is 0 Å². The van der Waals surface area contributed by atoms with E-state index in [1.807, 2.05) is 35.7 Å². The molecule has 2 aliphatic heterocycles. The largest absolute Gasteiger partial charge is 0.372 e. The summed E-state index contributed by atoms with van der Waals surface area (Å²) in [7, 11) is 0. The van der Waals surface area contributed by atoms with Gasteiger partial charge in [0.25, 0.3) is 0 Å². The summed E-state index contributed by atoms with van der Waals surface area (Å²) in [5, 5.41) is 2.18. The van der Waals surface area contributed by atoms with Crippen LogP contribution in [-0.2, 0) is 22.6 Å². The second kappa shape index (κ2) is 6.92. The topological polar surface area (TPSA) is 34.6 Å². The Morgan fingerprint density at radius 1 is 1.38 bits per heavy atom. The standard InChI is InChI=1S/C19H24N2O2S/c1-15-6-9-24-18(15)11-21-13-19(14-21)10-17(5-8-23-19)22-12-16-4-2-3-7-20-16/h2-4,6-7,9,17H,5,8,10-14H2,1H3. The van der Waals surface area contributed by atoms with Gasteiger partial charge in [-0.05, 0) is 42.5 Å². The van der Waals surface area contributed by atoms with Gasteiger partial charge in [0.15, 0.2) is 0 Å². The normalized spacial score (nSPS) is 23.3. The molecule has 5 heteroatoms. The fraction of sp³-hybridized carbons (Fsp3) is 0.526. The van der Waals surface area contributed by atoms with E-state index in [0.717, 1.165) is 44.8 Å². The first kappa shape index (κ1) is 16.2. The lowest BCUT2D eigenvalue weighted by Crippen LogP contribution is -2.65. The number of pyridine rings is 1. The molecule has 1 atom stereocenters. The molecule has 2 aromatic rings. The second-order valence-electron chi connectivity index (χ2n) is 6.95. The van der Waals surface area contributed by atoms with Gasteiger partial charge in [-0.15, -0.1) is 11.3 Å². The Bertz CT molecular complexity index is 667. The first-order chi connectivity index (χ1) is 11.7. The highest BCUT2D eigenvalue weighted by Gasteiger charge is 2.47. The molecule has 0 N–H and O–H groups in total. The fourth-order valence-corrected chi connectivity index (χ4v) is 4.63. The first-order valence-corrected chi connectivity index (χ1v) is 9.51. The molecule has 0 radical (unpaired) electrons. The van der Waals surface area contributed by atoms with E-state index in [0.29, 0.717) is 6.61 Å². The number of aryl methyl sites for hydroxylation is 1. The molecular weight excluding hydrogens is 320 g/mol. The third kappa shape index (κ3) is 3.54. The molecule has 0 saturated carbocycles. The Kier molecular flexibility index (Phi) is 4.68. The molecule has 4 heterocycles. The SMILES string of the molecule is Cc1ccsc1CN1CC2(CC(OCc3ccccn3)CCO2)C1. The Hall–Kier alpha value is -1.27. The van der Waals surface area contributed by atoms with Gasteiger partial charge in [0.2, 0.25) is 0 Å². The molecule has 24 heavy (non-hydrogen) atoms. The zero-order valence-corrected chi connectivity index (χ0v) is 14.9.